The number of fused-ring (bicyclic) bond motifs is 1. The van der Waals surface area contributed by atoms with Crippen LogP contribution in [0.1, 0.15) is 17.2 Å². The highest BCUT2D eigenvalue weighted by Crippen LogP contribution is 2.29. The lowest BCUT2D eigenvalue weighted by molar-refractivity contribution is 0.221. The summed E-state index contributed by atoms with van der Waals surface area (Å²) in [5.41, 5.74) is 8.63. The van der Waals surface area contributed by atoms with Crippen LogP contribution in [0.15, 0.2) is 54.7 Å². The van der Waals surface area contributed by atoms with Gasteiger partial charge in [0.1, 0.15) is 6.10 Å². The van der Waals surface area contributed by atoms with Gasteiger partial charge >= 0.3 is 0 Å². The molecule has 100 valence electrons. The van der Waals surface area contributed by atoms with E-state index in [1.165, 1.54) is 0 Å². The van der Waals surface area contributed by atoms with Crippen molar-refractivity contribution < 1.29 is 5.11 Å². The number of pyridine rings is 1. The molecule has 3 nitrogen and oxygen atoms in total. The van der Waals surface area contributed by atoms with Crippen LogP contribution in [0.3, 0.4) is 0 Å². The third kappa shape index (κ3) is 2.33. The average molecular weight is 285 g/mol. The average Bonchev–Trinajstić information content (AvgIpc) is 2.46. The number of rotatable bonds is 2. The van der Waals surface area contributed by atoms with Gasteiger partial charge < -0.3 is 10.8 Å². The molecule has 2 aromatic carbocycles. The van der Waals surface area contributed by atoms with Crippen molar-refractivity contribution in [1.29, 1.82) is 0 Å². The summed E-state index contributed by atoms with van der Waals surface area (Å²) in [6.45, 7) is 0. The lowest BCUT2D eigenvalue weighted by Crippen LogP contribution is -2.03. The second kappa shape index (κ2) is 5.12. The second-order valence-electron chi connectivity index (χ2n) is 4.63. The predicted octanol–water partition coefficient (Wildman–Crippen LogP) is 3.55. The molecule has 1 aromatic heterocycles. The molecule has 0 amide bonds. The Hall–Kier alpha value is -2.10. The molecule has 20 heavy (non-hydrogen) atoms. The minimum absolute atomic E-state index is 0.478. The predicted molar refractivity (Wildman–Crippen MR) is 81.7 cm³/mol. The van der Waals surface area contributed by atoms with E-state index in [0.717, 1.165) is 16.5 Å². The summed E-state index contributed by atoms with van der Waals surface area (Å²) in [5.74, 6) is 0. The Morgan fingerprint density at radius 2 is 1.95 bits per heavy atom. The van der Waals surface area contributed by atoms with Crippen molar-refractivity contribution in [1.82, 2.24) is 4.98 Å². The Balaban J connectivity index is 2.05. The number of nitrogens with zero attached hydrogens (tertiary/aromatic N) is 1. The van der Waals surface area contributed by atoms with Gasteiger partial charge in [0.15, 0.2) is 0 Å². The van der Waals surface area contributed by atoms with Crippen molar-refractivity contribution in [2.75, 3.05) is 5.73 Å². The van der Waals surface area contributed by atoms with E-state index in [-0.39, 0.29) is 0 Å². The number of hydrogen-bond donors (Lipinski definition) is 2. The molecule has 0 saturated heterocycles. The summed E-state index contributed by atoms with van der Waals surface area (Å²) in [7, 11) is 0. The van der Waals surface area contributed by atoms with Crippen molar-refractivity contribution in [2.45, 2.75) is 6.10 Å². The number of anilines is 1. The van der Waals surface area contributed by atoms with E-state index < -0.39 is 6.10 Å². The number of halogens is 1. The molecule has 0 aliphatic carbocycles. The fourth-order valence-electron chi connectivity index (χ4n) is 2.23. The van der Waals surface area contributed by atoms with Gasteiger partial charge in [-0.25, -0.2) is 0 Å². The molecule has 0 fully saturated rings. The molecule has 3 N–H and O–H groups in total. The number of aliphatic hydroxyl groups is 1. The molecular formula is C16H13ClN2O. The monoisotopic (exact) mass is 284 g/mol. The van der Waals surface area contributed by atoms with E-state index >= 15 is 0 Å². The Bertz CT molecular complexity index is 773. The number of benzene rings is 2. The van der Waals surface area contributed by atoms with Gasteiger partial charge in [0.2, 0.25) is 0 Å². The molecule has 0 aliphatic heterocycles. The summed E-state index contributed by atoms with van der Waals surface area (Å²) < 4.78 is 0. The van der Waals surface area contributed by atoms with Crippen LogP contribution in [0.5, 0.6) is 0 Å². The zero-order valence-electron chi connectivity index (χ0n) is 10.6. The highest BCUT2D eigenvalue weighted by Gasteiger charge is 2.14. The van der Waals surface area contributed by atoms with Gasteiger partial charge in [0, 0.05) is 27.9 Å². The van der Waals surface area contributed by atoms with E-state index in [1.807, 2.05) is 30.3 Å². The summed E-state index contributed by atoms with van der Waals surface area (Å²) >= 11 is 5.87. The van der Waals surface area contributed by atoms with Crippen molar-refractivity contribution in [3.8, 4) is 0 Å². The zero-order valence-corrected chi connectivity index (χ0v) is 11.4. The van der Waals surface area contributed by atoms with Gasteiger partial charge in [-0.2, -0.15) is 0 Å². The molecular weight excluding hydrogens is 272 g/mol. The summed E-state index contributed by atoms with van der Waals surface area (Å²) in [4.78, 5) is 4.29. The number of aromatic nitrogens is 1. The number of aliphatic hydroxyl groups excluding tert-OH is 1. The lowest BCUT2D eigenvalue weighted by atomic mass is 9.99. The maximum atomic E-state index is 10.5. The van der Waals surface area contributed by atoms with Crippen LogP contribution in [0.2, 0.25) is 5.02 Å². The van der Waals surface area contributed by atoms with Crippen LogP contribution in [-0.2, 0) is 0 Å². The fourth-order valence-corrected chi connectivity index (χ4v) is 2.41. The summed E-state index contributed by atoms with van der Waals surface area (Å²) in [6, 6.07) is 14.6. The Kier molecular flexibility index (Phi) is 3.30. The quantitative estimate of drug-likeness (QED) is 0.708. The summed E-state index contributed by atoms with van der Waals surface area (Å²) in [5, 5.41) is 12.1. The number of hydrogen-bond acceptors (Lipinski definition) is 3. The molecule has 0 bridgehead atoms. The maximum absolute atomic E-state index is 10.5. The Morgan fingerprint density at radius 1 is 1.10 bits per heavy atom. The largest absolute Gasteiger partial charge is 0.398 e. The van der Waals surface area contributed by atoms with E-state index in [0.29, 0.717) is 16.3 Å². The highest BCUT2D eigenvalue weighted by molar-refractivity contribution is 6.30. The van der Waals surface area contributed by atoms with Crippen LogP contribution >= 0.6 is 11.6 Å². The minimum Gasteiger partial charge on any atom is -0.398 e. The number of nitrogen functional groups attached to an aromatic ring is 1. The van der Waals surface area contributed by atoms with Gasteiger partial charge in [-0.3, -0.25) is 4.98 Å². The van der Waals surface area contributed by atoms with Crippen molar-refractivity contribution >= 4 is 28.2 Å². The second-order valence-corrected chi connectivity index (χ2v) is 5.07. The topological polar surface area (TPSA) is 59.1 Å². The SMILES string of the molecule is Nc1cc(Cl)ccc1C(O)c1ccc2cccnc2c1. The number of nitrogens with two attached hydrogens (primary N) is 1. The van der Waals surface area contributed by atoms with E-state index in [2.05, 4.69) is 4.98 Å². The zero-order chi connectivity index (χ0) is 14.1. The molecule has 3 rings (SSSR count). The minimum atomic E-state index is -0.793. The maximum Gasteiger partial charge on any atom is 0.106 e. The molecule has 0 saturated carbocycles. The van der Waals surface area contributed by atoms with Crippen LogP contribution in [-0.4, -0.2) is 10.1 Å². The summed E-state index contributed by atoms with van der Waals surface area (Å²) in [6.07, 6.45) is 0.938. The first kappa shape index (κ1) is 12.9. The van der Waals surface area contributed by atoms with Crippen LogP contribution in [0.4, 0.5) is 5.69 Å². The molecule has 4 heteroatoms. The van der Waals surface area contributed by atoms with Gasteiger partial charge in [-0.15, -0.1) is 0 Å². The van der Waals surface area contributed by atoms with Gasteiger partial charge in [-0.1, -0.05) is 35.9 Å². The standard InChI is InChI=1S/C16H13ClN2O/c17-12-5-6-13(14(18)9-12)16(20)11-4-3-10-2-1-7-19-15(10)8-11/h1-9,16,20H,18H2. The van der Waals surface area contributed by atoms with Crippen molar-refractivity contribution in [3.63, 3.8) is 0 Å². The smallest absolute Gasteiger partial charge is 0.106 e. The van der Waals surface area contributed by atoms with Crippen LogP contribution in [0, 0.1) is 0 Å². The van der Waals surface area contributed by atoms with Crippen molar-refractivity contribution in [2.24, 2.45) is 0 Å². The van der Waals surface area contributed by atoms with Gasteiger partial charge in [-0.05, 0) is 29.8 Å². The molecule has 1 heterocycles. The molecule has 3 aromatic rings. The Morgan fingerprint density at radius 3 is 2.75 bits per heavy atom. The van der Waals surface area contributed by atoms with Gasteiger partial charge in [0.05, 0.1) is 5.52 Å². The molecule has 0 aliphatic rings. The van der Waals surface area contributed by atoms with E-state index in [9.17, 15) is 5.11 Å². The highest BCUT2D eigenvalue weighted by atomic mass is 35.5. The molecule has 1 atom stereocenters. The first-order valence-electron chi connectivity index (χ1n) is 6.23. The normalized spacial score (nSPS) is 12.5. The third-order valence-electron chi connectivity index (χ3n) is 3.29. The Labute approximate surface area is 121 Å². The van der Waals surface area contributed by atoms with E-state index in [1.54, 1.807) is 24.4 Å². The molecule has 1 unspecified atom stereocenters. The van der Waals surface area contributed by atoms with Crippen LogP contribution < -0.4 is 5.73 Å². The van der Waals surface area contributed by atoms with Crippen molar-refractivity contribution in [3.05, 3.63) is 70.9 Å². The van der Waals surface area contributed by atoms with Crippen LogP contribution in [0.25, 0.3) is 10.9 Å². The third-order valence-corrected chi connectivity index (χ3v) is 3.52. The lowest BCUT2D eigenvalue weighted by Gasteiger charge is -2.14. The first-order valence-corrected chi connectivity index (χ1v) is 6.60. The molecule has 0 radical (unpaired) electrons. The molecule has 0 spiro atoms. The first-order chi connectivity index (χ1) is 9.65. The van der Waals surface area contributed by atoms with E-state index in [4.69, 9.17) is 17.3 Å². The fraction of sp³-hybridized carbons (Fsp3) is 0.0625. The van der Waals surface area contributed by atoms with Gasteiger partial charge in [0.25, 0.3) is 0 Å².